The summed E-state index contributed by atoms with van der Waals surface area (Å²) in [6.45, 7) is 0.751. The number of nitrogens with zero attached hydrogens (tertiary/aromatic N) is 1. The van der Waals surface area contributed by atoms with E-state index in [0.29, 0.717) is 6.42 Å². The number of rotatable bonds is 4. The maximum atomic E-state index is 13.2. The van der Waals surface area contributed by atoms with Gasteiger partial charge in [0.2, 0.25) is 0 Å². The largest absolute Gasteiger partial charge is 0.316 e. The average Bonchev–Trinajstić information content (AvgIpc) is 2.75. The number of hydrogen-bond donors (Lipinski definition) is 1. The van der Waals surface area contributed by atoms with E-state index in [0.717, 1.165) is 22.7 Å². The van der Waals surface area contributed by atoms with E-state index in [1.807, 2.05) is 18.5 Å². The molecule has 0 aliphatic rings. The highest BCUT2D eigenvalue weighted by atomic mass is 32.1. The van der Waals surface area contributed by atoms with Gasteiger partial charge in [0.1, 0.15) is 5.82 Å². The predicted molar refractivity (Wildman–Crippen MR) is 64.1 cm³/mol. The molecule has 0 aliphatic carbocycles. The Morgan fingerprint density at radius 2 is 2.25 bits per heavy atom. The van der Waals surface area contributed by atoms with Gasteiger partial charge in [-0.15, -0.1) is 11.3 Å². The van der Waals surface area contributed by atoms with E-state index < -0.39 is 0 Å². The summed E-state index contributed by atoms with van der Waals surface area (Å²) in [7, 11) is 1.89. The molecule has 0 amide bonds. The Labute approximate surface area is 98.2 Å². The van der Waals surface area contributed by atoms with Crippen LogP contribution in [0.4, 0.5) is 4.39 Å². The van der Waals surface area contributed by atoms with Crippen molar-refractivity contribution in [1.82, 2.24) is 10.3 Å². The normalized spacial score (nSPS) is 10.6. The first-order chi connectivity index (χ1) is 7.79. The van der Waals surface area contributed by atoms with E-state index in [1.54, 1.807) is 23.6 Å². The smallest absolute Gasteiger partial charge is 0.123 e. The minimum Gasteiger partial charge on any atom is -0.316 e. The van der Waals surface area contributed by atoms with Crippen molar-refractivity contribution in [3.05, 3.63) is 51.7 Å². The van der Waals surface area contributed by atoms with Gasteiger partial charge in [-0.2, -0.15) is 0 Å². The summed E-state index contributed by atoms with van der Waals surface area (Å²) in [5.41, 5.74) is 2.13. The van der Waals surface area contributed by atoms with Gasteiger partial charge in [0.15, 0.2) is 0 Å². The van der Waals surface area contributed by atoms with Crippen molar-refractivity contribution in [3.8, 4) is 0 Å². The predicted octanol–water partition coefficient (Wildman–Crippen LogP) is 2.59. The molecule has 16 heavy (non-hydrogen) atoms. The number of thiazole rings is 1. The second-order valence-electron chi connectivity index (χ2n) is 3.55. The van der Waals surface area contributed by atoms with Gasteiger partial charge in [-0.25, -0.2) is 9.37 Å². The molecule has 1 heterocycles. The third-order valence-corrected chi connectivity index (χ3v) is 3.14. The van der Waals surface area contributed by atoms with Crippen molar-refractivity contribution in [2.45, 2.75) is 13.0 Å². The molecule has 0 atom stereocenters. The fourth-order valence-electron chi connectivity index (χ4n) is 1.63. The lowest BCUT2D eigenvalue weighted by molar-refractivity contribution is 0.624. The number of hydrogen-bond acceptors (Lipinski definition) is 3. The lowest BCUT2D eigenvalue weighted by Gasteiger charge is -2.07. The molecule has 0 fully saturated rings. The van der Waals surface area contributed by atoms with Gasteiger partial charge < -0.3 is 5.32 Å². The van der Waals surface area contributed by atoms with Gasteiger partial charge in [0, 0.05) is 24.5 Å². The summed E-state index contributed by atoms with van der Waals surface area (Å²) in [5.74, 6) is -0.189. The van der Waals surface area contributed by atoms with Gasteiger partial charge >= 0.3 is 0 Å². The third-order valence-electron chi connectivity index (χ3n) is 2.36. The number of aromatic nitrogens is 1. The van der Waals surface area contributed by atoms with Crippen molar-refractivity contribution in [2.75, 3.05) is 7.05 Å². The van der Waals surface area contributed by atoms with Crippen LogP contribution < -0.4 is 5.32 Å². The summed E-state index contributed by atoms with van der Waals surface area (Å²) >= 11 is 1.60. The molecule has 0 bridgehead atoms. The first-order valence-electron chi connectivity index (χ1n) is 5.10. The quantitative estimate of drug-likeness (QED) is 0.882. The first kappa shape index (κ1) is 11.2. The molecular weight excluding hydrogens is 223 g/mol. The van der Waals surface area contributed by atoms with Gasteiger partial charge in [0.25, 0.3) is 0 Å². The van der Waals surface area contributed by atoms with E-state index in [4.69, 9.17) is 0 Å². The Hall–Kier alpha value is -1.26. The summed E-state index contributed by atoms with van der Waals surface area (Å²) in [6.07, 6.45) is 2.48. The molecule has 0 saturated heterocycles. The Morgan fingerprint density at radius 1 is 1.38 bits per heavy atom. The van der Waals surface area contributed by atoms with Gasteiger partial charge in [-0.3, -0.25) is 0 Å². The Kier molecular flexibility index (Phi) is 3.64. The SMILES string of the molecule is CNCc1ccc(F)cc1Cc1nccs1. The fraction of sp³-hybridized carbons (Fsp3) is 0.250. The maximum absolute atomic E-state index is 13.2. The molecule has 1 aromatic carbocycles. The van der Waals surface area contributed by atoms with Crippen LogP contribution in [0.5, 0.6) is 0 Å². The standard InChI is InChI=1S/C12H13FN2S/c1-14-8-9-2-3-11(13)6-10(9)7-12-15-4-5-16-12/h2-6,14H,7-8H2,1H3. The number of nitrogens with one attached hydrogen (secondary N) is 1. The van der Waals surface area contributed by atoms with Gasteiger partial charge in [0.05, 0.1) is 5.01 Å². The Bertz CT molecular complexity index is 454. The van der Waals surface area contributed by atoms with Gasteiger partial charge in [-0.05, 0) is 30.3 Å². The van der Waals surface area contributed by atoms with Crippen molar-refractivity contribution < 1.29 is 4.39 Å². The Balaban J connectivity index is 2.26. The topological polar surface area (TPSA) is 24.9 Å². The van der Waals surface area contributed by atoms with Crippen molar-refractivity contribution in [3.63, 3.8) is 0 Å². The van der Waals surface area contributed by atoms with Gasteiger partial charge in [-0.1, -0.05) is 6.07 Å². The number of halogens is 1. The highest BCUT2D eigenvalue weighted by Crippen LogP contribution is 2.17. The van der Waals surface area contributed by atoms with E-state index in [-0.39, 0.29) is 5.82 Å². The molecule has 2 rings (SSSR count). The summed E-state index contributed by atoms with van der Waals surface area (Å²) < 4.78 is 13.2. The molecule has 84 valence electrons. The summed E-state index contributed by atoms with van der Waals surface area (Å²) in [4.78, 5) is 4.22. The molecule has 2 nitrogen and oxygen atoms in total. The maximum Gasteiger partial charge on any atom is 0.123 e. The summed E-state index contributed by atoms with van der Waals surface area (Å²) in [5, 5.41) is 6.04. The molecule has 1 N–H and O–H groups in total. The monoisotopic (exact) mass is 236 g/mol. The van der Waals surface area contributed by atoms with Crippen LogP contribution in [0.15, 0.2) is 29.8 Å². The third kappa shape index (κ3) is 2.65. The van der Waals surface area contributed by atoms with Crippen LogP contribution in [-0.4, -0.2) is 12.0 Å². The second kappa shape index (κ2) is 5.18. The van der Waals surface area contributed by atoms with E-state index in [2.05, 4.69) is 10.3 Å². The van der Waals surface area contributed by atoms with Crippen LogP contribution in [0.2, 0.25) is 0 Å². The van der Waals surface area contributed by atoms with E-state index >= 15 is 0 Å². The molecule has 2 aromatic rings. The highest BCUT2D eigenvalue weighted by molar-refractivity contribution is 7.09. The number of benzene rings is 1. The Morgan fingerprint density at radius 3 is 2.94 bits per heavy atom. The zero-order valence-corrected chi connectivity index (χ0v) is 9.85. The van der Waals surface area contributed by atoms with Crippen LogP contribution in [-0.2, 0) is 13.0 Å². The first-order valence-corrected chi connectivity index (χ1v) is 5.98. The lowest BCUT2D eigenvalue weighted by atomic mass is 10.0. The molecule has 1 aromatic heterocycles. The van der Waals surface area contributed by atoms with Crippen LogP contribution in [0.3, 0.4) is 0 Å². The van der Waals surface area contributed by atoms with Crippen LogP contribution >= 0.6 is 11.3 Å². The van der Waals surface area contributed by atoms with E-state index in [9.17, 15) is 4.39 Å². The van der Waals surface area contributed by atoms with Crippen LogP contribution in [0.25, 0.3) is 0 Å². The summed E-state index contributed by atoms with van der Waals surface area (Å²) in [6, 6.07) is 4.92. The fourth-order valence-corrected chi connectivity index (χ4v) is 2.26. The highest BCUT2D eigenvalue weighted by Gasteiger charge is 2.06. The molecule has 0 spiro atoms. The van der Waals surface area contributed by atoms with Crippen molar-refractivity contribution in [1.29, 1.82) is 0 Å². The average molecular weight is 236 g/mol. The van der Waals surface area contributed by atoms with Crippen LogP contribution in [0.1, 0.15) is 16.1 Å². The zero-order valence-electron chi connectivity index (χ0n) is 9.03. The van der Waals surface area contributed by atoms with Crippen molar-refractivity contribution >= 4 is 11.3 Å². The molecule has 0 aliphatic heterocycles. The molecule has 0 unspecified atom stereocenters. The minimum absolute atomic E-state index is 0.189. The second-order valence-corrected chi connectivity index (χ2v) is 4.53. The molecule has 0 saturated carbocycles. The molecule has 4 heteroatoms. The lowest BCUT2D eigenvalue weighted by Crippen LogP contribution is -2.08. The van der Waals surface area contributed by atoms with Crippen LogP contribution in [0, 0.1) is 5.82 Å². The molecular formula is C12H13FN2S. The molecule has 0 radical (unpaired) electrons. The zero-order chi connectivity index (χ0) is 11.4. The van der Waals surface area contributed by atoms with Crippen molar-refractivity contribution in [2.24, 2.45) is 0 Å². The van der Waals surface area contributed by atoms with E-state index in [1.165, 1.54) is 6.07 Å². The minimum atomic E-state index is -0.189.